The standard InChI is InChI=1S/C23H24N4O3/c1-16-8-10-18(11-9-16)21-12-13-23(30)27(26-21)14-4-7-22(29)25-20-6-3-5-19(15-20)24-17(2)28/h3,5-6,8-13,15H,4,7,14H2,1-2H3,(H,24,28)(H,25,29). The van der Waals surface area contributed by atoms with E-state index in [4.69, 9.17) is 0 Å². The molecule has 2 amide bonds. The van der Waals surface area contributed by atoms with Gasteiger partial charge in [-0.15, -0.1) is 0 Å². The molecule has 0 bridgehead atoms. The van der Waals surface area contributed by atoms with Crippen LogP contribution >= 0.6 is 0 Å². The summed E-state index contributed by atoms with van der Waals surface area (Å²) in [6.07, 6.45) is 0.717. The molecule has 0 fully saturated rings. The third-order valence-corrected chi connectivity index (χ3v) is 4.45. The van der Waals surface area contributed by atoms with Gasteiger partial charge in [0.2, 0.25) is 11.8 Å². The highest BCUT2D eigenvalue weighted by Crippen LogP contribution is 2.17. The maximum atomic E-state index is 12.2. The molecule has 2 aromatic carbocycles. The molecule has 3 aromatic rings. The molecule has 0 spiro atoms. The number of hydrogen-bond acceptors (Lipinski definition) is 4. The summed E-state index contributed by atoms with van der Waals surface area (Å²) in [5.41, 5.74) is 3.82. The van der Waals surface area contributed by atoms with E-state index in [0.717, 1.165) is 11.1 Å². The Morgan fingerprint density at radius 1 is 0.967 bits per heavy atom. The highest BCUT2D eigenvalue weighted by atomic mass is 16.2. The maximum absolute atomic E-state index is 12.2. The summed E-state index contributed by atoms with van der Waals surface area (Å²) in [7, 11) is 0. The van der Waals surface area contributed by atoms with Gasteiger partial charge < -0.3 is 10.6 Å². The fourth-order valence-corrected chi connectivity index (χ4v) is 2.98. The average Bonchev–Trinajstić information content (AvgIpc) is 2.70. The van der Waals surface area contributed by atoms with Crippen LogP contribution in [0.5, 0.6) is 0 Å². The molecule has 0 unspecified atom stereocenters. The van der Waals surface area contributed by atoms with Gasteiger partial charge in [-0.2, -0.15) is 5.10 Å². The lowest BCUT2D eigenvalue weighted by molar-refractivity contribution is -0.116. The number of carbonyl (C=O) groups excluding carboxylic acids is 2. The van der Waals surface area contributed by atoms with E-state index in [9.17, 15) is 14.4 Å². The SMILES string of the molecule is CC(=O)Nc1cccc(NC(=O)CCCn2nc(-c3ccc(C)cc3)ccc2=O)c1. The van der Waals surface area contributed by atoms with Crippen LogP contribution in [0.15, 0.2) is 65.5 Å². The summed E-state index contributed by atoms with van der Waals surface area (Å²) >= 11 is 0. The van der Waals surface area contributed by atoms with Gasteiger partial charge in [-0.05, 0) is 37.6 Å². The molecule has 3 rings (SSSR count). The zero-order valence-electron chi connectivity index (χ0n) is 17.0. The van der Waals surface area contributed by atoms with Gasteiger partial charge in [0.1, 0.15) is 0 Å². The summed E-state index contributed by atoms with van der Waals surface area (Å²) < 4.78 is 1.39. The monoisotopic (exact) mass is 404 g/mol. The molecule has 1 heterocycles. The van der Waals surface area contributed by atoms with Gasteiger partial charge in [0.15, 0.2) is 0 Å². The first-order valence-corrected chi connectivity index (χ1v) is 9.73. The minimum absolute atomic E-state index is 0.169. The Balaban J connectivity index is 1.58. The largest absolute Gasteiger partial charge is 0.326 e. The van der Waals surface area contributed by atoms with Crippen LogP contribution in [-0.4, -0.2) is 21.6 Å². The van der Waals surface area contributed by atoms with E-state index in [2.05, 4.69) is 15.7 Å². The number of nitrogens with zero attached hydrogens (tertiary/aromatic N) is 2. The van der Waals surface area contributed by atoms with E-state index >= 15 is 0 Å². The Labute approximate surface area is 174 Å². The summed E-state index contributed by atoms with van der Waals surface area (Å²) in [5, 5.41) is 9.90. The average molecular weight is 404 g/mol. The second kappa shape index (κ2) is 9.65. The Bertz CT molecular complexity index is 1100. The zero-order chi connectivity index (χ0) is 21.5. The number of anilines is 2. The molecule has 7 heteroatoms. The van der Waals surface area contributed by atoms with Crippen molar-refractivity contribution in [3.63, 3.8) is 0 Å². The van der Waals surface area contributed by atoms with Crippen LogP contribution in [-0.2, 0) is 16.1 Å². The lowest BCUT2D eigenvalue weighted by Gasteiger charge is -2.09. The van der Waals surface area contributed by atoms with E-state index in [1.165, 1.54) is 17.7 Å². The Hall–Kier alpha value is -3.74. The minimum atomic E-state index is -0.200. The second-order valence-corrected chi connectivity index (χ2v) is 7.06. The first-order valence-electron chi connectivity index (χ1n) is 9.73. The summed E-state index contributed by atoms with van der Waals surface area (Å²) in [4.78, 5) is 35.5. The van der Waals surface area contributed by atoms with Crippen molar-refractivity contribution in [2.45, 2.75) is 33.2 Å². The molecule has 7 nitrogen and oxygen atoms in total. The summed E-state index contributed by atoms with van der Waals surface area (Å²) in [6.45, 7) is 3.78. The normalized spacial score (nSPS) is 10.5. The lowest BCUT2D eigenvalue weighted by atomic mass is 10.1. The van der Waals surface area contributed by atoms with Gasteiger partial charge in [0.05, 0.1) is 5.69 Å². The summed E-state index contributed by atoms with van der Waals surface area (Å²) in [6, 6.07) is 18.1. The van der Waals surface area contributed by atoms with E-state index in [-0.39, 0.29) is 23.8 Å². The molecule has 30 heavy (non-hydrogen) atoms. The van der Waals surface area contributed by atoms with Gasteiger partial charge in [0.25, 0.3) is 5.56 Å². The highest BCUT2D eigenvalue weighted by molar-refractivity contribution is 5.93. The Kier molecular flexibility index (Phi) is 6.75. The Morgan fingerprint density at radius 3 is 2.37 bits per heavy atom. The third-order valence-electron chi connectivity index (χ3n) is 4.45. The van der Waals surface area contributed by atoms with Gasteiger partial charge in [-0.3, -0.25) is 14.4 Å². The van der Waals surface area contributed by atoms with E-state index in [1.807, 2.05) is 31.2 Å². The molecule has 2 N–H and O–H groups in total. The molecule has 0 saturated heterocycles. The first kappa shape index (κ1) is 21.0. The maximum Gasteiger partial charge on any atom is 0.266 e. The number of hydrogen-bond donors (Lipinski definition) is 2. The van der Waals surface area contributed by atoms with Crippen LogP contribution in [0.4, 0.5) is 11.4 Å². The van der Waals surface area contributed by atoms with Crippen LogP contribution in [0.1, 0.15) is 25.3 Å². The molecular weight excluding hydrogens is 380 g/mol. The number of carbonyl (C=O) groups is 2. The lowest BCUT2D eigenvalue weighted by Crippen LogP contribution is -2.23. The van der Waals surface area contributed by atoms with Crippen LogP contribution < -0.4 is 16.2 Å². The topological polar surface area (TPSA) is 93.1 Å². The van der Waals surface area contributed by atoms with Gasteiger partial charge in [0, 0.05) is 42.9 Å². The molecule has 154 valence electrons. The van der Waals surface area contributed by atoms with Crippen molar-refractivity contribution in [1.29, 1.82) is 0 Å². The molecule has 0 radical (unpaired) electrons. The smallest absolute Gasteiger partial charge is 0.266 e. The fraction of sp³-hybridized carbons (Fsp3) is 0.217. The predicted molar refractivity (Wildman–Crippen MR) is 117 cm³/mol. The van der Waals surface area contributed by atoms with Crippen molar-refractivity contribution in [1.82, 2.24) is 9.78 Å². The third kappa shape index (κ3) is 5.88. The number of amides is 2. The van der Waals surface area contributed by atoms with Crippen molar-refractivity contribution < 1.29 is 9.59 Å². The number of nitrogens with one attached hydrogen (secondary N) is 2. The van der Waals surface area contributed by atoms with Crippen molar-refractivity contribution in [3.8, 4) is 11.3 Å². The quantitative estimate of drug-likeness (QED) is 0.629. The number of rotatable bonds is 7. The second-order valence-electron chi connectivity index (χ2n) is 7.06. The zero-order valence-corrected chi connectivity index (χ0v) is 17.0. The molecule has 0 saturated carbocycles. The van der Waals surface area contributed by atoms with Crippen LogP contribution in [0.25, 0.3) is 11.3 Å². The number of benzene rings is 2. The molecule has 0 aliphatic carbocycles. The molecule has 1 aromatic heterocycles. The van der Waals surface area contributed by atoms with Crippen molar-refractivity contribution in [2.75, 3.05) is 10.6 Å². The Morgan fingerprint density at radius 2 is 1.67 bits per heavy atom. The van der Waals surface area contributed by atoms with Gasteiger partial charge in [-0.1, -0.05) is 35.9 Å². The van der Waals surface area contributed by atoms with E-state index in [1.54, 1.807) is 30.3 Å². The molecular formula is C23H24N4O3. The highest BCUT2D eigenvalue weighted by Gasteiger charge is 2.07. The van der Waals surface area contributed by atoms with Crippen molar-refractivity contribution in [3.05, 3.63) is 76.6 Å². The molecule has 0 aliphatic rings. The van der Waals surface area contributed by atoms with Crippen LogP contribution in [0.2, 0.25) is 0 Å². The van der Waals surface area contributed by atoms with Crippen LogP contribution in [0.3, 0.4) is 0 Å². The van der Waals surface area contributed by atoms with Crippen molar-refractivity contribution in [2.24, 2.45) is 0 Å². The van der Waals surface area contributed by atoms with Gasteiger partial charge in [-0.25, -0.2) is 4.68 Å². The molecule has 0 atom stereocenters. The summed E-state index contributed by atoms with van der Waals surface area (Å²) in [5.74, 6) is -0.345. The first-order chi connectivity index (χ1) is 14.4. The van der Waals surface area contributed by atoms with Crippen molar-refractivity contribution >= 4 is 23.2 Å². The van der Waals surface area contributed by atoms with Crippen LogP contribution in [0, 0.1) is 6.92 Å². The number of aryl methyl sites for hydroxylation is 2. The number of aromatic nitrogens is 2. The molecule has 0 aliphatic heterocycles. The van der Waals surface area contributed by atoms with Gasteiger partial charge >= 0.3 is 0 Å². The minimum Gasteiger partial charge on any atom is -0.326 e. The van der Waals surface area contributed by atoms with E-state index in [0.29, 0.717) is 30.0 Å². The van der Waals surface area contributed by atoms with E-state index < -0.39 is 0 Å². The fourth-order valence-electron chi connectivity index (χ4n) is 2.98. The predicted octanol–water partition coefficient (Wildman–Crippen LogP) is 3.60.